The van der Waals surface area contributed by atoms with Crippen molar-refractivity contribution >= 4 is 11.8 Å². The van der Waals surface area contributed by atoms with Crippen molar-refractivity contribution in [2.24, 2.45) is 82.8 Å². The van der Waals surface area contributed by atoms with E-state index in [1.54, 1.807) is 38.3 Å². The van der Waals surface area contributed by atoms with Gasteiger partial charge in [-0.2, -0.15) is 0 Å². The summed E-state index contributed by atoms with van der Waals surface area (Å²) in [6.07, 6.45) is 6.23. The highest BCUT2D eigenvalue weighted by atomic mass is 16.5. The van der Waals surface area contributed by atoms with Crippen LogP contribution in [0.2, 0.25) is 0 Å². The standard InChI is InChI=1S/C16H17NO2.C12H21N.C10H19NO.C10H19N.3C9H17N.3C8H15N/c1-11(9-10-16(2,3)4)17-14(18)12-7-5-6-8-13(12)15(17)19;1-12(2,3)8-7-11-13-9-5-4-6-10-13;1-10(2,3)6-5-7-11-8-9-12-4;1-5-8-11-9-6-7-10(2,3)4;1-8(2,3)6-7-9(4,5)10;1-5-10-8-6-7-9(2,3)4;1-5-8(10)6-7-9(2,3)4;3*1-7(9)5-6-8(2,3)4/h5-8,11H,1-4H3;4-6,9-11H2,1-3H3;11H,7-9H2,1-4H3;11H,5,8-9H2,1-4H3;10H2,1-5H3;10H,5,8H2,1-4H3;8H,5,10H2,1-4H3;3*7H,9H2,1-4H3. The van der Waals surface area contributed by atoms with Crippen LogP contribution in [0.25, 0.3) is 0 Å². The van der Waals surface area contributed by atoms with Crippen LogP contribution in [0.3, 0.4) is 0 Å². The van der Waals surface area contributed by atoms with Crippen molar-refractivity contribution in [3.05, 3.63) is 35.4 Å². The first-order valence-electron chi connectivity index (χ1n) is 40.8. The number of fused-ring (bicyclic) bond motifs is 1. The molecule has 2 amide bonds. The summed E-state index contributed by atoms with van der Waals surface area (Å²) in [5.74, 6) is 60.8. The smallest absolute Gasteiger partial charge is 0.262 e. The van der Waals surface area contributed by atoms with E-state index in [0.717, 1.165) is 58.8 Å². The van der Waals surface area contributed by atoms with Crippen LogP contribution in [0, 0.1) is 173 Å². The Kier molecular flexibility index (Phi) is 64.7. The zero-order chi connectivity index (χ0) is 89.3. The molecule has 2 heterocycles. The molecule has 0 aliphatic carbocycles. The second kappa shape index (κ2) is 61.0. The topological polar surface area (TPSA) is 216 Å². The summed E-state index contributed by atoms with van der Waals surface area (Å²) in [6, 6.07) is 6.54. The van der Waals surface area contributed by atoms with Gasteiger partial charge >= 0.3 is 0 Å². The zero-order valence-electron chi connectivity index (χ0n) is 79.8. The Balaban J connectivity index is -0.000000221. The molecular formula is C99H172N10O3. The molecule has 0 bridgehead atoms. The van der Waals surface area contributed by atoms with Crippen LogP contribution >= 0.6 is 0 Å². The molecule has 2 aliphatic heterocycles. The molecule has 2 aliphatic rings. The van der Waals surface area contributed by atoms with E-state index in [-0.39, 0.29) is 95.7 Å². The number of hydrogen-bond donors (Lipinski definition) is 8. The lowest BCUT2D eigenvalue weighted by Crippen LogP contribution is -2.37. The van der Waals surface area contributed by atoms with Gasteiger partial charge in [-0.1, -0.05) is 158 Å². The van der Waals surface area contributed by atoms with Gasteiger partial charge in [-0.05, 0) is 313 Å². The van der Waals surface area contributed by atoms with E-state index < -0.39 is 6.04 Å². The van der Waals surface area contributed by atoms with Gasteiger partial charge in [-0.3, -0.25) is 19.4 Å². The van der Waals surface area contributed by atoms with Gasteiger partial charge in [0.2, 0.25) is 0 Å². The number of carbonyl (C=O) groups is 2. The molecule has 1 aromatic carbocycles. The van der Waals surface area contributed by atoms with E-state index in [0.29, 0.717) is 11.1 Å². The van der Waals surface area contributed by atoms with Gasteiger partial charge in [0, 0.05) is 67.8 Å². The maximum absolute atomic E-state index is 12.2. The third-order valence-electron chi connectivity index (χ3n) is 12.1. The van der Waals surface area contributed by atoms with E-state index in [4.69, 9.17) is 33.4 Å². The number of methoxy groups -OCH3 is 1. The highest BCUT2D eigenvalue weighted by Crippen LogP contribution is 2.25. The van der Waals surface area contributed by atoms with Crippen molar-refractivity contribution in [2.75, 3.05) is 72.6 Å². The molecule has 13 heteroatoms. The number of likely N-dealkylation sites (tertiary alicyclic amines) is 1. The van der Waals surface area contributed by atoms with Crippen molar-refractivity contribution in [3.8, 4) is 118 Å². The average molecular weight is 1550 g/mol. The molecule has 13 nitrogen and oxygen atoms in total. The zero-order valence-corrected chi connectivity index (χ0v) is 79.8. The molecule has 0 spiro atoms. The second-order valence-corrected chi connectivity index (χ2v) is 39.1. The first-order valence-corrected chi connectivity index (χ1v) is 40.8. The van der Waals surface area contributed by atoms with Crippen molar-refractivity contribution in [1.29, 1.82) is 0 Å². The van der Waals surface area contributed by atoms with Gasteiger partial charge in [0.25, 0.3) is 11.8 Å². The highest BCUT2D eigenvalue weighted by Gasteiger charge is 2.37. The number of ether oxygens (including phenoxy) is 1. The fraction of sp³-hybridized carbons (Fsp3) is 0.717. The van der Waals surface area contributed by atoms with E-state index in [2.05, 4.69) is 340 Å². The second-order valence-electron chi connectivity index (χ2n) is 39.1. The minimum absolute atomic E-state index is 0.00391. The van der Waals surface area contributed by atoms with Crippen LogP contribution in [0.15, 0.2) is 24.3 Å². The number of nitrogens with one attached hydrogen (secondary N) is 3. The number of piperidine rings is 1. The number of carbonyl (C=O) groups excluding carboxylic acids is 2. The van der Waals surface area contributed by atoms with Crippen LogP contribution < -0.4 is 44.6 Å². The Morgan fingerprint density at radius 3 is 0.973 bits per heavy atom. The van der Waals surface area contributed by atoms with Gasteiger partial charge in [0.05, 0.1) is 79.7 Å². The van der Waals surface area contributed by atoms with E-state index >= 15 is 0 Å². The minimum atomic E-state index is -0.411. The molecule has 112 heavy (non-hydrogen) atoms. The Morgan fingerprint density at radius 1 is 0.402 bits per heavy atom. The quantitative estimate of drug-likeness (QED) is 0.0557. The van der Waals surface area contributed by atoms with Gasteiger partial charge in [-0.25, -0.2) is 0 Å². The largest absolute Gasteiger partial charge is 0.383 e. The van der Waals surface area contributed by atoms with Crippen LogP contribution in [0.4, 0.5) is 0 Å². The number of rotatable bonds is 12. The Bertz CT molecular complexity index is 3250. The minimum Gasteiger partial charge on any atom is -0.383 e. The number of amides is 2. The average Bonchev–Trinajstić information content (AvgIpc) is 1.63. The molecule has 1 aromatic rings. The van der Waals surface area contributed by atoms with E-state index in [1.807, 2.05) is 62.3 Å². The lowest BCUT2D eigenvalue weighted by Gasteiger charge is -2.24. The molecule has 0 saturated carbocycles. The summed E-state index contributed by atoms with van der Waals surface area (Å²) in [7, 11) is 1.70. The third kappa shape index (κ3) is 104. The molecule has 636 valence electrons. The molecule has 13 N–H and O–H groups in total. The van der Waals surface area contributed by atoms with Crippen molar-refractivity contribution in [1.82, 2.24) is 25.8 Å². The summed E-state index contributed by atoms with van der Waals surface area (Å²) >= 11 is 0. The van der Waals surface area contributed by atoms with Crippen LogP contribution in [0.5, 0.6) is 0 Å². The number of nitrogens with zero attached hydrogens (tertiary/aromatic N) is 2. The number of nitrogens with two attached hydrogens (primary N) is 5. The van der Waals surface area contributed by atoms with Crippen molar-refractivity contribution in [2.45, 2.75) is 338 Å². The van der Waals surface area contributed by atoms with Crippen LogP contribution in [-0.4, -0.2) is 130 Å². The Labute approximate surface area is 695 Å². The predicted octanol–water partition coefficient (Wildman–Crippen LogP) is 17.9. The number of hydrogen-bond acceptors (Lipinski definition) is 12. The van der Waals surface area contributed by atoms with Gasteiger partial charge in [0.1, 0.15) is 0 Å². The molecular weight excluding hydrogens is 1380 g/mol. The van der Waals surface area contributed by atoms with E-state index in [9.17, 15) is 9.59 Å². The molecule has 0 radical (unpaired) electrons. The maximum atomic E-state index is 12.2. The SMILES string of the molecule is CC(C#CC(C)(C)C)N1C(=O)c2ccccc2C1=O.CC(C)(C)C#CC(C)(C)N.CC(C)(C)C#CCN1CCCCC1.CC(N)C#CC(C)(C)C.CC(N)C#CC(C)(C)C.CC(N)C#CC(C)(C)C.CCC(N)C#CC(C)(C)C.CCCNCC#CC(C)(C)C.CCNCC#CC(C)(C)C.COCCNCC#CC(C)(C)C. The Morgan fingerprint density at radius 2 is 0.705 bits per heavy atom. The third-order valence-corrected chi connectivity index (χ3v) is 12.1. The normalized spacial score (nSPS) is 13.7. The summed E-state index contributed by atoms with van der Waals surface area (Å²) < 4.78 is 4.88. The lowest BCUT2D eigenvalue weighted by molar-refractivity contribution is 0.0629. The van der Waals surface area contributed by atoms with Gasteiger partial charge in [0.15, 0.2) is 0 Å². The summed E-state index contributed by atoms with van der Waals surface area (Å²) in [6.45, 7) is 89.7. The monoisotopic (exact) mass is 1550 g/mol. The van der Waals surface area contributed by atoms with E-state index in [1.165, 1.54) is 43.7 Å². The molecule has 1 fully saturated rings. The number of imide groups is 1. The number of benzene rings is 1. The highest BCUT2D eigenvalue weighted by molar-refractivity contribution is 6.21. The first kappa shape index (κ1) is 119. The van der Waals surface area contributed by atoms with Crippen LogP contribution in [-0.2, 0) is 4.74 Å². The maximum Gasteiger partial charge on any atom is 0.262 e. The summed E-state index contributed by atoms with van der Waals surface area (Å²) in [4.78, 5) is 28.1. The van der Waals surface area contributed by atoms with Crippen molar-refractivity contribution in [3.63, 3.8) is 0 Å². The summed E-state index contributed by atoms with van der Waals surface area (Å²) in [5, 5.41) is 9.54. The van der Waals surface area contributed by atoms with Crippen molar-refractivity contribution < 1.29 is 14.3 Å². The molecule has 5 unspecified atom stereocenters. The first-order chi connectivity index (χ1) is 50.5. The fourth-order valence-corrected chi connectivity index (χ4v) is 7.00. The Hall–Kier alpha value is -6.44. The fourth-order valence-electron chi connectivity index (χ4n) is 7.00. The molecule has 1 saturated heterocycles. The molecule has 0 aromatic heterocycles. The molecule has 3 rings (SSSR count). The van der Waals surface area contributed by atoms with Gasteiger partial charge in [-0.15, -0.1) is 0 Å². The predicted molar refractivity (Wildman–Crippen MR) is 493 cm³/mol. The molecule has 5 atom stereocenters. The summed E-state index contributed by atoms with van der Waals surface area (Å²) in [5.41, 5.74) is 29.0. The van der Waals surface area contributed by atoms with Gasteiger partial charge < -0.3 is 49.4 Å². The van der Waals surface area contributed by atoms with Crippen LogP contribution in [0.1, 0.15) is 323 Å². The lowest BCUT2D eigenvalue weighted by atomic mass is 9.96.